The van der Waals surface area contributed by atoms with Crippen LogP contribution < -0.4 is 14.5 Å². The molecule has 1 fully saturated rings. The van der Waals surface area contributed by atoms with E-state index in [9.17, 15) is 13.2 Å². The van der Waals surface area contributed by atoms with Gasteiger partial charge in [-0.15, -0.1) is 0 Å². The number of hydrogen-bond donors (Lipinski definition) is 1. The average Bonchev–Trinajstić information content (AvgIpc) is 3.43. The van der Waals surface area contributed by atoms with Crippen LogP contribution in [-0.2, 0) is 10.0 Å². The van der Waals surface area contributed by atoms with Crippen LogP contribution in [0.15, 0.2) is 89.8 Å². The first-order valence-corrected chi connectivity index (χ1v) is 13.0. The smallest absolute Gasteiger partial charge is 0.264 e. The summed E-state index contributed by atoms with van der Waals surface area (Å²) in [6.45, 7) is 1.70. The Balaban J connectivity index is 1.46. The first-order chi connectivity index (χ1) is 16.9. The molecule has 35 heavy (non-hydrogen) atoms. The Morgan fingerprint density at radius 3 is 2.40 bits per heavy atom. The predicted molar refractivity (Wildman–Crippen MR) is 140 cm³/mol. The lowest BCUT2D eigenvalue weighted by atomic mass is 10.1. The van der Waals surface area contributed by atoms with Crippen LogP contribution in [0.3, 0.4) is 0 Å². The highest BCUT2D eigenvalue weighted by Crippen LogP contribution is 2.28. The van der Waals surface area contributed by atoms with Crippen LogP contribution in [0.2, 0.25) is 0 Å². The van der Waals surface area contributed by atoms with Crippen LogP contribution in [0.4, 0.5) is 17.2 Å². The molecule has 0 bridgehead atoms. The third-order valence-corrected chi connectivity index (χ3v) is 8.01. The number of para-hydroxylation sites is 2. The van der Waals surface area contributed by atoms with E-state index in [1.54, 1.807) is 36.4 Å². The summed E-state index contributed by atoms with van der Waals surface area (Å²) in [6, 6.07) is 24.8. The van der Waals surface area contributed by atoms with Gasteiger partial charge in [-0.05, 0) is 55.3 Å². The van der Waals surface area contributed by atoms with Crippen molar-refractivity contribution in [3.8, 4) is 0 Å². The highest BCUT2D eigenvalue weighted by atomic mass is 32.2. The normalized spacial score (nSPS) is 13.7. The standard InChI is InChI=1S/C27H26N4O3S/c1-30(22-12-3-2-4-13-22)35(33,34)23-14-9-11-21(19-23)28-27(32)24-18-20-10-5-6-15-25(20)29-26(24)31-16-7-8-17-31/h2-6,9-15,18-19H,7-8,16-17H2,1H3,(H,28,32). The molecule has 0 radical (unpaired) electrons. The van der Waals surface area contributed by atoms with Gasteiger partial charge in [-0.25, -0.2) is 13.4 Å². The van der Waals surface area contributed by atoms with Crippen molar-refractivity contribution >= 4 is 44.0 Å². The molecule has 1 amide bonds. The topological polar surface area (TPSA) is 82.6 Å². The predicted octanol–water partition coefficient (Wildman–Crippen LogP) is 4.91. The number of nitrogens with one attached hydrogen (secondary N) is 1. The Bertz CT molecular complexity index is 1480. The monoisotopic (exact) mass is 486 g/mol. The van der Waals surface area contributed by atoms with E-state index in [1.165, 1.54) is 23.5 Å². The van der Waals surface area contributed by atoms with Crippen LogP contribution in [0.1, 0.15) is 23.2 Å². The maximum atomic E-state index is 13.4. The Morgan fingerprint density at radius 1 is 0.914 bits per heavy atom. The van der Waals surface area contributed by atoms with E-state index in [0.29, 0.717) is 22.8 Å². The minimum atomic E-state index is -3.80. The highest BCUT2D eigenvalue weighted by Gasteiger charge is 2.24. The maximum Gasteiger partial charge on any atom is 0.264 e. The zero-order valence-corrected chi connectivity index (χ0v) is 20.2. The molecule has 0 saturated carbocycles. The lowest BCUT2D eigenvalue weighted by Crippen LogP contribution is -2.26. The lowest BCUT2D eigenvalue weighted by molar-refractivity contribution is 0.102. The van der Waals surface area contributed by atoms with Gasteiger partial charge in [-0.3, -0.25) is 9.10 Å². The quantitative estimate of drug-likeness (QED) is 0.419. The molecule has 1 aliphatic rings. The number of rotatable bonds is 6. The van der Waals surface area contributed by atoms with Crippen molar-refractivity contribution < 1.29 is 13.2 Å². The molecular formula is C27H26N4O3S. The van der Waals surface area contributed by atoms with E-state index >= 15 is 0 Å². The number of sulfonamides is 1. The number of amides is 1. The van der Waals surface area contributed by atoms with E-state index in [4.69, 9.17) is 4.98 Å². The minimum Gasteiger partial charge on any atom is -0.356 e. The number of hydrogen-bond acceptors (Lipinski definition) is 5. The molecule has 1 aromatic heterocycles. The number of benzene rings is 3. The third kappa shape index (κ3) is 4.57. The zero-order chi connectivity index (χ0) is 24.4. The molecule has 4 aromatic rings. The van der Waals surface area contributed by atoms with Gasteiger partial charge < -0.3 is 10.2 Å². The molecular weight excluding hydrogens is 460 g/mol. The van der Waals surface area contributed by atoms with Gasteiger partial charge in [0.2, 0.25) is 0 Å². The Kier molecular flexibility index (Phi) is 6.13. The van der Waals surface area contributed by atoms with Crippen LogP contribution in [0.25, 0.3) is 10.9 Å². The largest absolute Gasteiger partial charge is 0.356 e. The van der Waals surface area contributed by atoms with Crippen LogP contribution in [0.5, 0.6) is 0 Å². The van der Waals surface area contributed by atoms with Gasteiger partial charge in [0, 0.05) is 31.2 Å². The number of pyridine rings is 1. The Morgan fingerprint density at radius 2 is 1.63 bits per heavy atom. The first kappa shape index (κ1) is 22.9. The second-order valence-electron chi connectivity index (χ2n) is 8.54. The zero-order valence-electron chi connectivity index (χ0n) is 19.4. The van der Waals surface area contributed by atoms with Gasteiger partial charge in [-0.2, -0.15) is 0 Å². The molecule has 0 unspecified atom stereocenters. The first-order valence-electron chi connectivity index (χ1n) is 11.5. The number of anilines is 3. The molecule has 5 rings (SSSR count). The summed E-state index contributed by atoms with van der Waals surface area (Å²) in [7, 11) is -2.29. The van der Waals surface area contributed by atoms with Crippen molar-refractivity contribution in [1.29, 1.82) is 0 Å². The third-order valence-electron chi connectivity index (χ3n) is 6.22. The van der Waals surface area contributed by atoms with E-state index in [-0.39, 0.29) is 10.8 Å². The molecule has 1 N–H and O–H groups in total. The van der Waals surface area contributed by atoms with E-state index in [0.717, 1.165) is 36.8 Å². The van der Waals surface area contributed by atoms with Crippen LogP contribution >= 0.6 is 0 Å². The van der Waals surface area contributed by atoms with Crippen molar-refractivity contribution in [2.45, 2.75) is 17.7 Å². The number of carbonyl (C=O) groups is 1. The van der Waals surface area contributed by atoms with Gasteiger partial charge in [0.15, 0.2) is 0 Å². The summed E-state index contributed by atoms with van der Waals surface area (Å²) in [4.78, 5) is 20.4. The van der Waals surface area contributed by atoms with Gasteiger partial charge in [0.25, 0.3) is 15.9 Å². The van der Waals surface area contributed by atoms with E-state index < -0.39 is 10.0 Å². The fourth-order valence-corrected chi connectivity index (χ4v) is 5.55. The minimum absolute atomic E-state index is 0.0954. The van der Waals surface area contributed by atoms with Crippen molar-refractivity contribution in [3.05, 3.63) is 90.5 Å². The second kappa shape index (κ2) is 9.38. The number of nitrogens with zero attached hydrogens (tertiary/aromatic N) is 3. The van der Waals surface area contributed by atoms with Crippen molar-refractivity contribution in [2.24, 2.45) is 0 Å². The van der Waals surface area contributed by atoms with Crippen molar-refractivity contribution in [3.63, 3.8) is 0 Å². The van der Waals surface area contributed by atoms with Crippen LogP contribution in [0, 0.1) is 0 Å². The molecule has 1 saturated heterocycles. The Hall–Kier alpha value is -3.91. The molecule has 8 heteroatoms. The fraction of sp³-hybridized carbons (Fsp3) is 0.185. The molecule has 2 heterocycles. The SMILES string of the molecule is CN(c1ccccc1)S(=O)(=O)c1cccc(NC(=O)c2cc3ccccc3nc2N2CCCC2)c1. The maximum absolute atomic E-state index is 13.4. The van der Waals surface area contributed by atoms with Crippen molar-refractivity contribution in [2.75, 3.05) is 34.7 Å². The fourth-order valence-electron chi connectivity index (χ4n) is 4.31. The molecule has 0 aliphatic carbocycles. The Labute approximate surface area is 205 Å². The van der Waals surface area contributed by atoms with Gasteiger partial charge >= 0.3 is 0 Å². The molecule has 0 spiro atoms. The molecule has 178 valence electrons. The van der Waals surface area contributed by atoms with Gasteiger partial charge in [0.05, 0.1) is 21.7 Å². The summed E-state index contributed by atoms with van der Waals surface area (Å²) in [5, 5.41) is 3.77. The average molecular weight is 487 g/mol. The number of carbonyl (C=O) groups excluding carboxylic acids is 1. The van der Waals surface area contributed by atoms with E-state index in [2.05, 4.69) is 10.2 Å². The molecule has 3 aromatic carbocycles. The van der Waals surface area contributed by atoms with Crippen molar-refractivity contribution in [1.82, 2.24) is 4.98 Å². The number of aromatic nitrogens is 1. The summed E-state index contributed by atoms with van der Waals surface area (Å²) in [5.74, 6) is 0.336. The van der Waals surface area contributed by atoms with Gasteiger partial charge in [-0.1, -0.05) is 42.5 Å². The molecule has 7 nitrogen and oxygen atoms in total. The highest BCUT2D eigenvalue weighted by molar-refractivity contribution is 7.92. The summed E-state index contributed by atoms with van der Waals surface area (Å²) >= 11 is 0. The van der Waals surface area contributed by atoms with Crippen LogP contribution in [-0.4, -0.2) is 39.4 Å². The summed E-state index contributed by atoms with van der Waals surface area (Å²) < 4.78 is 27.7. The summed E-state index contributed by atoms with van der Waals surface area (Å²) in [5.41, 5.74) is 2.26. The molecule has 1 aliphatic heterocycles. The number of fused-ring (bicyclic) bond motifs is 1. The second-order valence-corrected chi connectivity index (χ2v) is 10.5. The summed E-state index contributed by atoms with van der Waals surface area (Å²) in [6.07, 6.45) is 2.12. The molecule has 0 atom stereocenters. The lowest BCUT2D eigenvalue weighted by Gasteiger charge is -2.21. The van der Waals surface area contributed by atoms with E-state index in [1.807, 2.05) is 36.4 Å². The van der Waals surface area contributed by atoms with Gasteiger partial charge in [0.1, 0.15) is 5.82 Å².